The van der Waals surface area contributed by atoms with Crippen molar-refractivity contribution < 1.29 is 9.13 Å². The molecular weight excluding hydrogens is 281 g/mol. The van der Waals surface area contributed by atoms with Gasteiger partial charge in [0.15, 0.2) is 11.6 Å². The number of benzene rings is 1. The number of nitrogens with zero attached hydrogens (tertiary/aromatic N) is 3. The number of aromatic nitrogens is 1. The van der Waals surface area contributed by atoms with E-state index in [-0.39, 0.29) is 5.82 Å². The first-order chi connectivity index (χ1) is 10.8. The highest BCUT2D eigenvalue weighted by molar-refractivity contribution is 5.44. The van der Waals surface area contributed by atoms with E-state index in [0.29, 0.717) is 5.75 Å². The topological polar surface area (TPSA) is 28.6 Å². The molecule has 0 amide bonds. The second-order valence-corrected chi connectivity index (χ2v) is 5.44. The van der Waals surface area contributed by atoms with Crippen LogP contribution in [0.2, 0.25) is 0 Å². The van der Waals surface area contributed by atoms with Gasteiger partial charge in [0.1, 0.15) is 0 Å². The monoisotopic (exact) mass is 301 g/mol. The summed E-state index contributed by atoms with van der Waals surface area (Å²) in [7, 11) is 1.49. The second kappa shape index (κ2) is 6.75. The van der Waals surface area contributed by atoms with Gasteiger partial charge in [-0.05, 0) is 29.8 Å². The van der Waals surface area contributed by atoms with Crippen molar-refractivity contribution >= 4 is 5.69 Å². The summed E-state index contributed by atoms with van der Waals surface area (Å²) in [6.07, 6.45) is 3.70. The smallest absolute Gasteiger partial charge is 0.165 e. The normalized spacial score (nSPS) is 15.8. The van der Waals surface area contributed by atoms with E-state index in [1.165, 1.54) is 18.9 Å². The van der Waals surface area contributed by atoms with Crippen molar-refractivity contribution in [1.29, 1.82) is 0 Å². The van der Waals surface area contributed by atoms with Crippen LogP contribution in [0.3, 0.4) is 0 Å². The van der Waals surface area contributed by atoms with Crippen molar-refractivity contribution in [2.45, 2.75) is 6.54 Å². The van der Waals surface area contributed by atoms with Crippen LogP contribution in [0.4, 0.5) is 10.1 Å². The van der Waals surface area contributed by atoms with Gasteiger partial charge < -0.3 is 9.64 Å². The van der Waals surface area contributed by atoms with Gasteiger partial charge in [-0.1, -0.05) is 6.07 Å². The van der Waals surface area contributed by atoms with Crippen LogP contribution in [-0.4, -0.2) is 43.2 Å². The maximum absolute atomic E-state index is 13.4. The van der Waals surface area contributed by atoms with Crippen molar-refractivity contribution in [2.75, 3.05) is 38.2 Å². The molecule has 2 aromatic rings. The number of hydrogen-bond acceptors (Lipinski definition) is 4. The fourth-order valence-electron chi connectivity index (χ4n) is 2.77. The van der Waals surface area contributed by atoms with Crippen LogP contribution in [-0.2, 0) is 6.54 Å². The molecule has 1 aromatic carbocycles. The number of halogens is 1. The predicted octanol–water partition coefficient (Wildman–Crippen LogP) is 2.55. The minimum atomic E-state index is -0.312. The van der Waals surface area contributed by atoms with E-state index in [1.807, 2.05) is 18.3 Å². The summed E-state index contributed by atoms with van der Waals surface area (Å²) in [5, 5.41) is 0. The maximum Gasteiger partial charge on any atom is 0.165 e. The zero-order valence-electron chi connectivity index (χ0n) is 12.7. The number of anilines is 1. The number of ether oxygens (including phenoxy) is 1. The van der Waals surface area contributed by atoms with Gasteiger partial charge in [0.05, 0.1) is 19.0 Å². The van der Waals surface area contributed by atoms with E-state index in [2.05, 4.69) is 20.9 Å². The second-order valence-electron chi connectivity index (χ2n) is 5.44. The van der Waals surface area contributed by atoms with Crippen molar-refractivity contribution in [1.82, 2.24) is 9.88 Å². The molecule has 1 saturated heterocycles. The molecule has 4 nitrogen and oxygen atoms in total. The molecule has 0 radical (unpaired) electrons. The van der Waals surface area contributed by atoms with Gasteiger partial charge in [-0.15, -0.1) is 0 Å². The molecule has 0 N–H and O–H groups in total. The third kappa shape index (κ3) is 3.36. The van der Waals surface area contributed by atoms with Crippen molar-refractivity contribution in [3.05, 3.63) is 54.1 Å². The molecule has 0 atom stereocenters. The number of hydrogen-bond donors (Lipinski definition) is 0. The van der Waals surface area contributed by atoms with Gasteiger partial charge in [-0.3, -0.25) is 9.88 Å². The van der Waals surface area contributed by atoms with Crippen LogP contribution in [0.5, 0.6) is 5.75 Å². The first-order valence-corrected chi connectivity index (χ1v) is 7.46. The molecular formula is C17H20FN3O. The van der Waals surface area contributed by atoms with E-state index >= 15 is 0 Å². The van der Waals surface area contributed by atoms with Gasteiger partial charge >= 0.3 is 0 Å². The first-order valence-electron chi connectivity index (χ1n) is 7.46. The summed E-state index contributed by atoms with van der Waals surface area (Å²) in [6, 6.07) is 9.13. The molecule has 1 aromatic heterocycles. The van der Waals surface area contributed by atoms with E-state index in [1.54, 1.807) is 12.3 Å². The van der Waals surface area contributed by atoms with Crippen LogP contribution < -0.4 is 9.64 Å². The molecule has 1 fully saturated rings. The van der Waals surface area contributed by atoms with E-state index in [4.69, 9.17) is 4.74 Å². The highest BCUT2D eigenvalue weighted by atomic mass is 19.1. The Morgan fingerprint density at radius 1 is 1.18 bits per heavy atom. The molecule has 0 unspecified atom stereocenters. The van der Waals surface area contributed by atoms with Gasteiger partial charge in [0, 0.05) is 38.9 Å². The lowest BCUT2D eigenvalue weighted by Gasteiger charge is -2.36. The fraction of sp³-hybridized carbons (Fsp3) is 0.353. The fourth-order valence-corrected chi connectivity index (χ4v) is 2.77. The zero-order chi connectivity index (χ0) is 15.4. The molecule has 5 heteroatoms. The van der Waals surface area contributed by atoms with Crippen LogP contribution in [0, 0.1) is 5.82 Å². The summed E-state index contributed by atoms with van der Waals surface area (Å²) >= 11 is 0. The van der Waals surface area contributed by atoms with Crippen molar-refractivity contribution in [3.8, 4) is 5.75 Å². The Hall–Kier alpha value is -2.14. The molecule has 1 aliphatic rings. The average Bonchev–Trinajstić information content (AvgIpc) is 2.58. The number of rotatable bonds is 4. The van der Waals surface area contributed by atoms with Gasteiger partial charge in [-0.25, -0.2) is 4.39 Å². The summed E-state index contributed by atoms with van der Waals surface area (Å²) in [4.78, 5) is 8.89. The van der Waals surface area contributed by atoms with Crippen LogP contribution in [0.25, 0.3) is 0 Å². The quantitative estimate of drug-likeness (QED) is 0.868. The van der Waals surface area contributed by atoms with E-state index in [9.17, 15) is 4.39 Å². The first kappa shape index (κ1) is 14.8. The van der Waals surface area contributed by atoms with Crippen LogP contribution in [0.1, 0.15) is 5.56 Å². The molecule has 0 spiro atoms. The Labute approximate surface area is 130 Å². The third-order valence-electron chi connectivity index (χ3n) is 4.01. The molecule has 22 heavy (non-hydrogen) atoms. The summed E-state index contributed by atoms with van der Waals surface area (Å²) in [5.74, 6) is -0.000794. The SMILES string of the molecule is COc1cc(CN2CCN(c3cccnc3)CC2)ccc1F. The Kier molecular flexibility index (Phi) is 4.53. The number of piperazine rings is 1. The minimum absolute atomic E-state index is 0.312. The standard InChI is InChI=1S/C17H20FN3O/c1-22-17-11-14(4-5-16(17)18)13-20-7-9-21(10-8-20)15-3-2-6-19-12-15/h2-6,11-12H,7-10,13H2,1H3. The third-order valence-corrected chi connectivity index (χ3v) is 4.01. The van der Waals surface area contributed by atoms with Crippen molar-refractivity contribution in [2.24, 2.45) is 0 Å². The Bertz CT molecular complexity index is 613. The highest BCUT2D eigenvalue weighted by Gasteiger charge is 2.17. The van der Waals surface area contributed by atoms with Crippen molar-refractivity contribution in [3.63, 3.8) is 0 Å². The van der Waals surface area contributed by atoms with Gasteiger partial charge in [-0.2, -0.15) is 0 Å². The van der Waals surface area contributed by atoms with Crippen LogP contribution >= 0.6 is 0 Å². The summed E-state index contributed by atoms with van der Waals surface area (Å²) in [6.45, 7) is 4.73. The lowest BCUT2D eigenvalue weighted by molar-refractivity contribution is 0.249. The Morgan fingerprint density at radius 2 is 2.00 bits per heavy atom. The molecule has 0 saturated carbocycles. The van der Waals surface area contributed by atoms with Gasteiger partial charge in [0.2, 0.25) is 0 Å². The van der Waals surface area contributed by atoms with Crippen LogP contribution in [0.15, 0.2) is 42.7 Å². The van der Waals surface area contributed by atoms with E-state index in [0.717, 1.165) is 38.3 Å². The Balaban J connectivity index is 1.58. The summed E-state index contributed by atoms with van der Waals surface area (Å²) in [5.41, 5.74) is 2.25. The molecule has 0 aliphatic carbocycles. The van der Waals surface area contributed by atoms with E-state index < -0.39 is 0 Å². The maximum atomic E-state index is 13.4. The average molecular weight is 301 g/mol. The lowest BCUT2D eigenvalue weighted by Crippen LogP contribution is -2.46. The molecule has 3 rings (SSSR count). The largest absolute Gasteiger partial charge is 0.494 e. The Morgan fingerprint density at radius 3 is 2.68 bits per heavy atom. The minimum Gasteiger partial charge on any atom is -0.494 e. The zero-order valence-corrected chi connectivity index (χ0v) is 12.7. The number of methoxy groups -OCH3 is 1. The lowest BCUT2D eigenvalue weighted by atomic mass is 10.1. The molecule has 0 bridgehead atoms. The molecule has 2 heterocycles. The molecule has 116 valence electrons. The predicted molar refractivity (Wildman–Crippen MR) is 84.7 cm³/mol. The highest BCUT2D eigenvalue weighted by Crippen LogP contribution is 2.20. The summed E-state index contributed by atoms with van der Waals surface area (Å²) < 4.78 is 18.5. The molecule has 1 aliphatic heterocycles. The van der Waals surface area contributed by atoms with Gasteiger partial charge in [0.25, 0.3) is 0 Å². The number of pyridine rings is 1.